The van der Waals surface area contributed by atoms with Crippen molar-refractivity contribution in [2.24, 2.45) is 0 Å². The Hall–Kier alpha value is -1.94. The molecule has 3 aromatic rings. The van der Waals surface area contributed by atoms with Crippen molar-refractivity contribution in [1.82, 2.24) is 14.5 Å². The highest BCUT2D eigenvalue weighted by atomic mass is 35.5. The number of rotatable bonds is 6. The first-order valence-corrected chi connectivity index (χ1v) is 14.4. The minimum atomic E-state index is -3.77. The third-order valence-corrected chi connectivity index (χ3v) is 10.4. The molecule has 0 radical (unpaired) electrons. The molecule has 1 spiro atoms. The number of carbonyl (C=O) groups is 1. The molecule has 1 unspecified atom stereocenters. The standard InChI is InChI=1S/C25H25Cl2N3O3S2/c26-22-16-21(23(27)34-22)35(32,33)29-13-11-25(12-14-29)28-20(15-18-7-3-1-4-8-18)24(31)30(25)17-19-9-5-2-6-10-19/h1-10,16,20,28H,11-15,17H2. The number of sulfonamides is 1. The predicted molar refractivity (Wildman–Crippen MR) is 139 cm³/mol. The van der Waals surface area contributed by atoms with E-state index in [0.29, 0.717) is 30.1 Å². The highest BCUT2D eigenvalue weighted by molar-refractivity contribution is 7.89. The Morgan fingerprint density at radius 1 is 0.971 bits per heavy atom. The Balaban J connectivity index is 1.39. The van der Waals surface area contributed by atoms with E-state index in [1.807, 2.05) is 65.6 Å². The number of carbonyl (C=O) groups excluding carboxylic acids is 1. The van der Waals surface area contributed by atoms with Gasteiger partial charge >= 0.3 is 0 Å². The molecule has 1 aromatic heterocycles. The second-order valence-electron chi connectivity index (χ2n) is 8.92. The molecule has 0 bridgehead atoms. The molecule has 184 valence electrons. The van der Waals surface area contributed by atoms with Gasteiger partial charge in [0, 0.05) is 19.6 Å². The topological polar surface area (TPSA) is 69.7 Å². The van der Waals surface area contributed by atoms with Crippen LogP contribution in [0.15, 0.2) is 71.6 Å². The molecule has 3 heterocycles. The maximum Gasteiger partial charge on any atom is 0.245 e. The zero-order valence-electron chi connectivity index (χ0n) is 18.9. The summed E-state index contributed by atoms with van der Waals surface area (Å²) in [7, 11) is -3.77. The Morgan fingerprint density at radius 3 is 2.14 bits per heavy atom. The van der Waals surface area contributed by atoms with Gasteiger partial charge < -0.3 is 4.90 Å². The van der Waals surface area contributed by atoms with Crippen LogP contribution in [-0.2, 0) is 27.8 Å². The monoisotopic (exact) mass is 549 g/mol. The zero-order chi connectivity index (χ0) is 24.6. The first kappa shape index (κ1) is 24.7. The van der Waals surface area contributed by atoms with E-state index in [1.54, 1.807) is 0 Å². The Morgan fingerprint density at radius 2 is 1.57 bits per heavy atom. The van der Waals surface area contributed by atoms with Gasteiger partial charge in [0.1, 0.15) is 9.23 Å². The first-order chi connectivity index (χ1) is 16.8. The smallest absolute Gasteiger partial charge is 0.245 e. The van der Waals surface area contributed by atoms with Crippen LogP contribution < -0.4 is 5.32 Å². The molecule has 35 heavy (non-hydrogen) atoms. The van der Waals surface area contributed by atoms with Crippen LogP contribution >= 0.6 is 34.5 Å². The molecule has 2 saturated heterocycles. The number of halogens is 2. The van der Waals surface area contributed by atoms with E-state index < -0.39 is 15.7 Å². The van der Waals surface area contributed by atoms with Crippen molar-refractivity contribution in [3.8, 4) is 0 Å². The molecule has 1 atom stereocenters. The summed E-state index contributed by atoms with van der Waals surface area (Å²) >= 11 is 13.2. The maximum absolute atomic E-state index is 13.6. The van der Waals surface area contributed by atoms with Crippen LogP contribution in [0.5, 0.6) is 0 Å². The van der Waals surface area contributed by atoms with Crippen molar-refractivity contribution < 1.29 is 13.2 Å². The van der Waals surface area contributed by atoms with E-state index >= 15 is 0 Å². The van der Waals surface area contributed by atoms with Crippen molar-refractivity contribution in [2.45, 2.75) is 42.4 Å². The van der Waals surface area contributed by atoms with E-state index in [-0.39, 0.29) is 34.3 Å². The quantitative estimate of drug-likeness (QED) is 0.480. The van der Waals surface area contributed by atoms with Gasteiger partial charge in [-0.1, -0.05) is 83.9 Å². The van der Waals surface area contributed by atoms with Crippen LogP contribution in [0.25, 0.3) is 0 Å². The van der Waals surface area contributed by atoms with Crippen LogP contribution in [0, 0.1) is 0 Å². The average Bonchev–Trinajstić information content (AvgIpc) is 3.32. The predicted octanol–water partition coefficient (Wildman–Crippen LogP) is 4.78. The fraction of sp³-hybridized carbons (Fsp3) is 0.320. The minimum absolute atomic E-state index is 0.0432. The Kier molecular flexibility index (Phi) is 6.96. The highest BCUT2D eigenvalue weighted by Gasteiger charge is 2.52. The van der Waals surface area contributed by atoms with Crippen molar-refractivity contribution in [2.75, 3.05) is 13.1 Å². The van der Waals surface area contributed by atoms with Gasteiger partial charge in [0.2, 0.25) is 15.9 Å². The molecule has 0 saturated carbocycles. The second kappa shape index (κ2) is 9.84. The van der Waals surface area contributed by atoms with Gasteiger partial charge in [0.05, 0.1) is 16.0 Å². The van der Waals surface area contributed by atoms with Crippen LogP contribution in [0.2, 0.25) is 8.67 Å². The molecular formula is C25H25Cl2N3O3S2. The number of nitrogens with one attached hydrogen (secondary N) is 1. The number of piperidine rings is 1. The number of hydrogen-bond acceptors (Lipinski definition) is 5. The first-order valence-electron chi connectivity index (χ1n) is 11.4. The molecule has 5 rings (SSSR count). The summed E-state index contributed by atoms with van der Waals surface area (Å²) in [5, 5.41) is 3.61. The zero-order valence-corrected chi connectivity index (χ0v) is 22.0. The van der Waals surface area contributed by atoms with E-state index in [4.69, 9.17) is 23.2 Å². The number of thiophene rings is 1. The third-order valence-electron chi connectivity index (χ3n) is 6.78. The highest BCUT2D eigenvalue weighted by Crippen LogP contribution is 2.39. The van der Waals surface area contributed by atoms with Gasteiger partial charge in [-0.05, 0) is 36.5 Å². The normalized spacial score (nSPS) is 20.6. The summed E-state index contributed by atoms with van der Waals surface area (Å²) in [5.74, 6) is 0.0432. The number of benzene rings is 2. The molecule has 1 N–H and O–H groups in total. The largest absolute Gasteiger partial charge is 0.319 e. The van der Waals surface area contributed by atoms with Crippen LogP contribution in [0.3, 0.4) is 0 Å². The van der Waals surface area contributed by atoms with Gasteiger partial charge in [0.15, 0.2) is 0 Å². The lowest BCUT2D eigenvalue weighted by atomic mass is 9.96. The number of nitrogens with zero attached hydrogens (tertiary/aromatic N) is 2. The van der Waals surface area contributed by atoms with Gasteiger partial charge in [0.25, 0.3) is 0 Å². The van der Waals surface area contributed by atoms with Crippen molar-refractivity contribution in [3.63, 3.8) is 0 Å². The van der Waals surface area contributed by atoms with Crippen molar-refractivity contribution in [1.29, 1.82) is 0 Å². The molecule has 2 aromatic carbocycles. The van der Waals surface area contributed by atoms with Crippen LogP contribution in [0.4, 0.5) is 0 Å². The Labute approximate surface area is 219 Å². The molecule has 10 heteroatoms. The number of amides is 1. The van der Waals surface area contributed by atoms with Crippen molar-refractivity contribution >= 4 is 50.5 Å². The summed E-state index contributed by atoms with van der Waals surface area (Å²) in [6.07, 6.45) is 1.54. The molecule has 6 nitrogen and oxygen atoms in total. The van der Waals surface area contributed by atoms with Crippen LogP contribution in [0.1, 0.15) is 24.0 Å². The molecule has 1 amide bonds. The second-order valence-corrected chi connectivity index (χ2v) is 13.1. The van der Waals surface area contributed by atoms with E-state index in [9.17, 15) is 13.2 Å². The summed E-state index contributed by atoms with van der Waals surface area (Å²) < 4.78 is 28.5. The molecule has 2 fully saturated rings. The van der Waals surface area contributed by atoms with E-state index in [0.717, 1.165) is 22.5 Å². The molecular weight excluding hydrogens is 525 g/mol. The molecule has 2 aliphatic heterocycles. The van der Waals surface area contributed by atoms with E-state index in [1.165, 1.54) is 10.4 Å². The fourth-order valence-corrected chi connectivity index (χ4v) is 8.55. The van der Waals surface area contributed by atoms with Gasteiger partial charge in [-0.15, -0.1) is 11.3 Å². The fourth-order valence-electron chi connectivity index (χ4n) is 5.00. The lowest BCUT2D eigenvalue weighted by molar-refractivity contribution is -0.134. The summed E-state index contributed by atoms with van der Waals surface area (Å²) in [6, 6.07) is 20.9. The van der Waals surface area contributed by atoms with Gasteiger partial charge in [-0.25, -0.2) is 8.42 Å². The average molecular weight is 551 g/mol. The SMILES string of the molecule is O=C1C(Cc2ccccc2)NC2(CCN(S(=O)(=O)c3cc(Cl)sc3Cl)CC2)N1Cc1ccccc1. The lowest BCUT2D eigenvalue weighted by Gasteiger charge is -2.44. The summed E-state index contributed by atoms with van der Waals surface area (Å²) in [6.45, 7) is 1.02. The molecule has 2 aliphatic rings. The minimum Gasteiger partial charge on any atom is -0.319 e. The van der Waals surface area contributed by atoms with Gasteiger partial charge in [-0.2, -0.15) is 4.31 Å². The van der Waals surface area contributed by atoms with Crippen LogP contribution in [-0.4, -0.2) is 48.3 Å². The molecule has 0 aliphatic carbocycles. The Bertz CT molecular complexity index is 1310. The maximum atomic E-state index is 13.6. The van der Waals surface area contributed by atoms with Gasteiger partial charge in [-0.3, -0.25) is 10.1 Å². The number of hydrogen-bond donors (Lipinski definition) is 1. The van der Waals surface area contributed by atoms with Crippen molar-refractivity contribution in [3.05, 3.63) is 86.5 Å². The van der Waals surface area contributed by atoms with E-state index in [2.05, 4.69) is 5.32 Å². The third kappa shape index (κ3) is 4.88. The summed E-state index contributed by atoms with van der Waals surface area (Å²) in [4.78, 5) is 15.6. The summed E-state index contributed by atoms with van der Waals surface area (Å²) in [5.41, 5.74) is 1.50. The lowest BCUT2D eigenvalue weighted by Crippen LogP contribution is -2.59.